The number of furan rings is 1. The predicted octanol–water partition coefficient (Wildman–Crippen LogP) is 1.49. The van der Waals surface area contributed by atoms with Gasteiger partial charge in [-0.05, 0) is 18.4 Å². The average Bonchev–Trinajstić information content (AvgIpc) is 2.15. The van der Waals surface area contributed by atoms with Gasteiger partial charge < -0.3 is 4.42 Å². The van der Waals surface area contributed by atoms with E-state index in [2.05, 4.69) is 0 Å². The average molecular weight is 160 g/mol. The Morgan fingerprint density at radius 3 is 3.00 bits per heavy atom. The molecule has 50 valence electrons. The quantitative estimate of drug-likeness (QED) is 0.650. The molecule has 0 aromatic carbocycles. The minimum Gasteiger partial charge on any atom is -0.468 e. The Morgan fingerprint density at radius 2 is 2.56 bits per heavy atom. The van der Waals surface area contributed by atoms with E-state index in [1.165, 1.54) is 0 Å². The maximum atomic E-state index is 5.08. The van der Waals surface area contributed by atoms with E-state index >= 15 is 0 Å². The summed E-state index contributed by atoms with van der Waals surface area (Å²) in [6.07, 6.45) is 3.70. The normalized spacial score (nSPS) is 13.4. The van der Waals surface area contributed by atoms with Crippen LogP contribution in [-0.2, 0) is 26.4 Å². The van der Waals surface area contributed by atoms with E-state index in [0.29, 0.717) is 0 Å². The molecule has 0 aliphatic carbocycles. The molecule has 0 spiro atoms. The van der Waals surface area contributed by atoms with Crippen LogP contribution in [0.25, 0.3) is 0 Å². The van der Waals surface area contributed by atoms with Gasteiger partial charge in [0, 0.05) is 0 Å². The molecule has 0 saturated heterocycles. The Labute approximate surface area is 61.7 Å². The first-order valence-corrected chi connectivity index (χ1v) is 5.34. The zero-order valence-electron chi connectivity index (χ0n) is 5.16. The minimum atomic E-state index is 0.0446. The largest absolute Gasteiger partial charge is 0.468 e. The molecule has 3 heteroatoms. The van der Waals surface area contributed by atoms with Gasteiger partial charge in [-0.1, -0.05) is 11.2 Å². The van der Waals surface area contributed by atoms with E-state index in [4.69, 9.17) is 15.6 Å². The van der Waals surface area contributed by atoms with Crippen molar-refractivity contribution < 1.29 is 4.42 Å². The SMILES string of the molecule is CS(=S)Cc1ccco1. The standard InChI is InChI=1S/C6H8OS2/c1-9(8)5-6-3-2-4-7-6/h2-4H,5H2,1H3. The van der Waals surface area contributed by atoms with E-state index < -0.39 is 0 Å². The topological polar surface area (TPSA) is 13.1 Å². The molecular formula is C6H8OS2. The minimum absolute atomic E-state index is 0.0446. The molecule has 0 saturated carbocycles. The van der Waals surface area contributed by atoms with Crippen molar-refractivity contribution in [3.63, 3.8) is 0 Å². The van der Waals surface area contributed by atoms with Crippen LogP contribution in [0.15, 0.2) is 22.8 Å². The van der Waals surface area contributed by atoms with Gasteiger partial charge in [-0.15, -0.1) is 9.45 Å². The highest BCUT2D eigenvalue weighted by atomic mass is 32.8. The maximum absolute atomic E-state index is 5.08. The highest BCUT2D eigenvalue weighted by molar-refractivity contribution is 8.28. The molecule has 0 aliphatic rings. The lowest BCUT2D eigenvalue weighted by atomic mass is 10.5. The van der Waals surface area contributed by atoms with Crippen LogP contribution in [0.1, 0.15) is 5.76 Å². The van der Waals surface area contributed by atoms with Crippen molar-refractivity contribution in [3.8, 4) is 0 Å². The van der Waals surface area contributed by atoms with Crippen LogP contribution in [0.2, 0.25) is 0 Å². The fourth-order valence-electron chi connectivity index (χ4n) is 0.595. The number of rotatable bonds is 2. The molecular weight excluding hydrogens is 152 g/mol. The van der Waals surface area contributed by atoms with Crippen LogP contribution in [0.5, 0.6) is 0 Å². The fraction of sp³-hybridized carbons (Fsp3) is 0.333. The van der Waals surface area contributed by atoms with Crippen LogP contribution >= 0.6 is 0 Å². The molecule has 1 rings (SSSR count). The highest BCUT2D eigenvalue weighted by Crippen LogP contribution is 2.01. The summed E-state index contributed by atoms with van der Waals surface area (Å²) >= 11 is 4.99. The molecule has 0 N–H and O–H groups in total. The molecule has 0 aliphatic heterocycles. The Hall–Kier alpha value is -0.150. The van der Waals surface area contributed by atoms with Gasteiger partial charge in [-0.25, -0.2) is 0 Å². The lowest BCUT2D eigenvalue weighted by Crippen LogP contribution is -1.86. The van der Waals surface area contributed by atoms with Crippen molar-refractivity contribution in [1.82, 2.24) is 0 Å². The molecule has 1 nitrogen and oxygen atoms in total. The zero-order chi connectivity index (χ0) is 6.69. The van der Waals surface area contributed by atoms with E-state index in [0.717, 1.165) is 11.5 Å². The van der Waals surface area contributed by atoms with E-state index in [-0.39, 0.29) is 9.45 Å². The molecule has 1 heterocycles. The van der Waals surface area contributed by atoms with Gasteiger partial charge in [-0.3, -0.25) is 0 Å². The van der Waals surface area contributed by atoms with Gasteiger partial charge in [0.1, 0.15) is 5.76 Å². The summed E-state index contributed by atoms with van der Waals surface area (Å²) in [5, 5.41) is 0. The summed E-state index contributed by atoms with van der Waals surface area (Å²) in [7, 11) is 0.0446. The highest BCUT2D eigenvalue weighted by Gasteiger charge is 1.93. The van der Waals surface area contributed by atoms with Crippen molar-refractivity contribution in [1.29, 1.82) is 0 Å². The second kappa shape index (κ2) is 3.13. The molecule has 0 amide bonds. The predicted molar refractivity (Wildman–Crippen MR) is 43.1 cm³/mol. The second-order valence-electron chi connectivity index (χ2n) is 1.80. The smallest absolute Gasteiger partial charge is 0.113 e. The molecule has 1 aromatic rings. The van der Waals surface area contributed by atoms with Crippen LogP contribution < -0.4 is 0 Å². The third kappa shape index (κ3) is 2.28. The molecule has 9 heavy (non-hydrogen) atoms. The van der Waals surface area contributed by atoms with Gasteiger partial charge in [0.05, 0.1) is 12.0 Å². The Balaban J connectivity index is 2.58. The molecule has 1 unspecified atom stereocenters. The maximum Gasteiger partial charge on any atom is 0.113 e. The monoisotopic (exact) mass is 160 g/mol. The van der Waals surface area contributed by atoms with Gasteiger partial charge in [0.15, 0.2) is 0 Å². The summed E-state index contributed by atoms with van der Waals surface area (Å²) in [6, 6.07) is 3.84. The van der Waals surface area contributed by atoms with E-state index in [1.54, 1.807) is 6.26 Å². The van der Waals surface area contributed by atoms with Crippen LogP contribution in [-0.4, -0.2) is 6.26 Å². The van der Waals surface area contributed by atoms with Gasteiger partial charge in [-0.2, -0.15) is 0 Å². The van der Waals surface area contributed by atoms with Gasteiger partial charge in [0.2, 0.25) is 0 Å². The lowest BCUT2D eigenvalue weighted by molar-refractivity contribution is 0.530. The second-order valence-corrected chi connectivity index (χ2v) is 4.94. The molecule has 0 bridgehead atoms. The Morgan fingerprint density at radius 1 is 1.78 bits per heavy atom. The van der Waals surface area contributed by atoms with Crippen molar-refractivity contribution in [3.05, 3.63) is 24.2 Å². The summed E-state index contributed by atoms with van der Waals surface area (Å²) in [6.45, 7) is 0. The number of hydrogen-bond acceptors (Lipinski definition) is 2. The first-order valence-electron chi connectivity index (χ1n) is 2.61. The summed E-state index contributed by atoms with van der Waals surface area (Å²) in [5.74, 6) is 1.89. The van der Waals surface area contributed by atoms with Crippen LogP contribution in [0, 0.1) is 0 Å². The van der Waals surface area contributed by atoms with Crippen molar-refractivity contribution in [2.75, 3.05) is 6.26 Å². The molecule has 0 radical (unpaired) electrons. The Kier molecular flexibility index (Phi) is 2.42. The van der Waals surface area contributed by atoms with Crippen molar-refractivity contribution in [2.45, 2.75) is 5.75 Å². The molecule has 1 aromatic heterocycles. The number of hydrogen-bond donors (Lipinski definition) is 0. The summed E-state index contributed by atoms with van der Waals surface area (Å²) < 4.78 is 5.08. The van der Waals surface area contributed by atoms with Gasteiger partial charge in [0.25, 0.3) is 0 Å². The summed E-state index contributed by atoms with van der Waals surface area (Å²) in [4.78, 5) is 0. The first kappa shape index (κ1) is 6.96. The fourth-order valence-corrected chi connectivity index (χ4v) is 1.51. The zero-order valence-corrected chi connectivity index (χ0v) is 6.80. The molecule has 0 fully saturated rings. The molecule has 1 atom stereocenters. The lowest BCUT2D eigenvalue weighted by Gasteiger charge is -1.90. The summed E-state index contributed by atoms with van der Waals surface area (Å²) in [5.41, 5.74) is 0. The van der Waals surface area contributed by atoms with Gasteiger partial charge >= 0.3 is 0 Å². The third-order valence-corrected chi connectivity index (χ3v) is 1.97. The third-order valence-electron chi connectivity index (χ3n) is 0.926. The first-order chi connectivity index (χ1) is 4.29. The van der Waals surface area contributed by atoms with Crippen LogP contribution in [0.3, 0.4) is 0 Å². The van der Waals surface area contributed by atoms with Crippen molar-refractivity contribution >= 4 is 20.6 Å². The van der Waals surface area contributed by atoms with E-state index in [9.17, 15) is 0 Å². The van der Waals surface area contributed by atoms with E-state index in [1.807, 2.05) is 18.4 Å². The Bertz CT molecular complexity index is 191. The van der Waals surface area contributed by atoms with Crippen molar-refractivity contribution in [2.24, 2.45) is 0 Å². The van der Waals surface area contributed by atoms with Crippen LogP contribution in [0.4, 0.5) is 0 Å².